The molecule has 0 aliphatic rings. The van der Waals surface area contributed by atoms with E-state index in [0.29, 0.717) is 13.2 Å². The zero-order chi connectivity index (χ0) is 17.2. The molecule has 0 spiro atoms. The molecule has 23 heavy (non-hydrogen) atoms. The van der Waals surface area contributed by atoms with Crippen molar-refractivity contribution < 1.29 is 26.6 Å². The summed E-state index contributed by atoms with van der Waals surface area (Å²) in [5.74, 6) is 0. The van der Waals surface area contributed by atoms with Crippen LogP contribution in [0, 0.1) is 0 Å². The second-order valence-corrected chi connectivity index (χ2v) is 6.75. The van der Waals surface area contributed by atoms with Gasteiger partial charge < -0.3 is 9.47 Å². The van der Waals surface area contributed by atoms with Crippen molar-refractivity contribution >= 4 is 10.4 Å². The number of hydrogen-bond acceptors (Lipinski definition) is 5. The Morgan fingerprint density at radius 2 is 1.09 bits per heavy atom. The van der Waals surface area contributed by atoms with Gasteiger partial charge in [-0.15, -0.1) is 0 Å². The van der Waals surface area contributed by atoms with Crippen LogP contribution in [-0.2, 0) is 24.1 Å². The van der Waals surface area contributed by atoms with E-state index in [0.717, 1.165) is 13.0 Å². The predicted octanol–water partition coefficient (Wildman–Crippen LogP) is 3.76. The van der Waals surface area contributed by atoms with Crippen LogP contribution < -0.4 is 0 Å². The van der Waals surface area contributed by atoms with Crippen LogP contribution in [0.1, 0.15) is 71.1 Å². The molecule has 6 nitrogen and oxygen atoms in total. The first-order valence-electron chi connectivity index (χ1n) is 8.83. The average molecular weight is 355 g/mol. The summed E-state index contributed by atoms with van der Waals surface area (Å²) in [5, 5.41) is 0. The van der Waals surface area contributed by atoms with Gasteiger partial charge in [0, 0.05) is 6.61 Å². The second-order valence-electron chi connectivity index (χ2n) is 5.66. The molecule has 0 rings (SSSR count). The zero-order valence-electron chi connectivity index (χ0n) is 14.5. The fourth-order valence-electron chi connectivity index (χ4n) is 2.21. The molecule has 1 N–H and O–H groups in total. The van der Waals surface area contributed by atoms with Gasteiger partial charge in [-0.2, -0.15) is 8.42 Å². The molecule has 0 aliphatic carbocycles. The largest absolute Gasteiger partial charge is 0.397 e. The highest BCUT2D eigenvalue weighted by atomic mass is 32.3. The van der Waals surface area contributed by atoms with Gasteiger partial charge in [0.2, 0.25) is 0 Å². The Kier molecular flexibility index (Phi) is 16.5. The first kappa shape index (κ1) is 22.8. The van der Waals surface area contributed by atoms with Crippen molar-refractivity contribution in [2.24, 2.45) is 0 Å². The van der Waals surface area contributed by atoms with Crippen molar-refractivity contribution in [1.82, 2.24) is 0 Å². The monoisotopic (exact) mass is 354 g/mol. The van der Waals surface area contributed by atoms with E-state index in [1.54, 1.807) is 0 Å². The molecule has 0 aromatic heterocycles. The van der Waals surface area contributed by atoms with Crippen LogP contribution in [0.15, 0.2) is 0 Å². The molecule has 140 valence electrons. The maximum absolute atomic E-state index is 10.2. The normalized spacial score (nSPS) is 11.9. The highest BCUT2D eigenvalue weighted by Gasteiger charge is 2.02. The molecule has 0 radical (unpaired) electrons. The van der Waals surface area contributed by atoms with E-state index in [-0.39, 0.29) is 13.2 Å². The summed E-state index contributed by atoms with van der Waals surface area (Å²) in [7, 11) is -4.36. The van der Waals surface area contributed by atoms with E-state index in [4.69, 9.17) is 14.0 Å². The van der Waals surface area contributed by atoms with Gasteiger partial charge in [0.05, 0.1) is 26.4 Å². The first-order valence-corrected chi connectivity index (χ1v) is 10.2. The van der Waals surface area contributed by atoms with E-state index >= 15 is 0 Å². The number of ether oxygens (including phenoxy) is 2. The average Bonchev–Trinajstić information content (AvgIpc) is 2.49. The van der Waals surface area contributed by atoms with Crippen LogP contribution in [0.5, 0.6) is 0 Å². The van der Waals surface area contributed by atoms with Crippen LogP contribution in [0.4, 0.5) is 0 Å². The van der Waals surface area contributed by atoms with Crippen LogP contribution in [0.2, 0.25) is 0 Å². The molecule has 0 bridgehead atoms. The molecule has 0 aromatic carbocycles. The van der Waals surface area contributed by atoms with Gasteiger partial charge in [0.1, 0.15) is 0 Å². The van der Waals surface area contributed by atoms with Crippen molar-refractivity contribution in [1.29, 1.82) is 0 Å². The summed E-state index contributed by atoms with van der Waals surface area (Å²) < 4.78 is 43.4. The van der Waals surface area contributed by atoms with Crippen LogP contribution in [-0.4, -0.2) is 46.0 Å². The van der Waals surface area contributed by atoms with Gasteiger partial charge >= 0.3 is 10.4 Å². The maximum Gasteiger partial charge on any atom is 0.397 e. The quantitative estimate of drug-likeness (QED) is 0.298. The molecule has 0 saturated carbocycles. The van der Waals surface area contributed by atoms with Gasteiger partial charge in [0.15, 0.2) is 0 Å². The fourth-order valence-corrected chi connectivity index (χ4v) is 2.49. The summed E-state index contributed by atoms with van der Waals surface area (Å²) in [4.78, 5) is 0. The van der Waals surface area contributed by atoms with Crippen molar-refractivity contribution in [3.8, 4) is 0 Å². The van der Waals surface area contributed by atoms with Crippen molar-refractivity contribution in [3.63, 3.8) is 0 Å². The molecule has 0 aliphatic heterocycles. The van der Waals surface area contributed by atoms with E-state index in [1.165, 1.54) is 57.8 Å². The van der Waals surface area contributed by atoms with E-state index in [1.807, 2.05) is 0 Å². The van der Waals surface area contributed by atoms with Gasteiger partial charge in [-0.25, -0.2) is 4.18 Å². The molecule has 0 amide bonds. The highest BCUT2D eigenvalue weighted by Crippen LogP contribution is 2.10. The number of rotatable bonds is 18. The van der Waals surface area contributed by atoms with Crippen LogP contribution in [0.25, 0.3) is 0 Å². The Morgan fingerprint density at radius 3 is 1.61 bits per heavy atom. The van der Waals surface area contributed by atoms with Crippen molar-refractivity contribution in [2.75, 3.05) is 33.0 Å². The molecule has 0 atom stereocenters. The van der Waals surface area contributed by atoms with E-state index in [2.05, 4.69) is 11.1 Å². The lowest BCUT2D eigenvalue weighted by Crippen LogP contribution is -2.12. The highest BCUT2D eigenvalue weighted by molar-refractivity contribution is 7.80. The minimum atomic E-state index is -4.36. The molecular weight excluding hydrogens is 320 g/mol. The molecule has 0 saturated heterocycles. The lowest BCUT2D eigenvalue weighted by Gasteiger charge is -2.06. The van der Waals surface area contributed by atoms with Gasteiger partial charge in [-0.05, 0) is 6.42 Å². The minimum Gasteiger partial charge on any atom is -0.379 e. The topological polar surface area (TPSA) is 82.1 Å². The number of unbranched alkanes of at least 4 members (excludes halogenated alkanes) is 9. The first-order chi connectivity index (χ1) is 11.1. The van der Waals surface area contributed by atoms with Crippen molar-refractivity contribution in [3.05, 3.63) is 0 Å². The van der Waals surface area contributed by atoms with E-state index < -0.39 is 10.4 Å². The van der Waals surface area contributed by atoms with Crippen LogP contribution in [0.3, 0.4) is 0 Å². The standard InChI is InChI=1S/C16H34O6S/c1-2-3-4-5-6-7-8-9-10-11-12-20-13-14-21-15-16-22-23(17,18)19/h2-16H2,1H3,(H,17,18,19). The van der Waals surface area contributed by atoms with Gasteiger partial charge in [-0.1, -0.05) is 64.7 Å². The lowest BCUT2D eigenvalue weighted by atomic mass is 10.1. The minimum absolute atomic E-state index is 0.113. The van der Waals surface area contributed by atoms with Gasteiger partial charge in [-0.3, -0.25) is 4.55 Å². The summed E-state index contributed by atoms with van der Waals surface area (Å²) in [6, 6.07) is 0. The number of hydrogen-bond donors (Lipinski definition) is 1. The Bertz CT molecular complexity index is 331. The molecule has 7 heteroatoms. The smallest absolute Gasteiger partial charge is 0.379 e. The summed E-state index contributed by atoms with van der Waals surface area (Å²) in [6.45, 7) is 3.79. The maximum atomic E-state index is 10.2. The Labute approximate surface area is 141 Å². The lowest BCUT2D eigenvalue weighted by molar-refractivity contribution is 0.0346. The Morgan fingerprint density at radius 1 is 0.652 bits per heavy atom. The van der Waals surface area contributed by atoms with Crippen molar-refractivity contribution in [2.45, 2.75) is 71.1 Å². The SMILES string of the molecule is CCCCCCCCCCCCOCCOCCOS(=O)(=O)O. The molecular formula is C16H34O6S. The van der Waals surface area contributed by atoms with E-state index in [9.17, 15) is 8.42 Å². The summed E-state index contributed by atoms with van der Waals surface area (Å²) in [5.41, 5.74) is 0. The Hall–Kier alpha value is -0.210. The molecule has 0 aromatic rings. The second kappa shape index (κ2) is 16.6. The Balaban J connectivity index is 3.03. The molecule has 0 fully saturated rings. The third kappa shape index (κ3) is 21.8. The zero-order valence-corrected chi connectivity index (χ0v) is 15.3. The third-order valence-electron chi connectivity index (χ3n) is 3.47. The molecule has 0 unspecified atom stereocenters. The van der Waals surface area contributed by atoms with Crippen LogP contribution >= 0.6 is 0 Å². The fraction of sp³-hybridized carbons (Fsp3) is 1.00. The molecule has 0 heterocycles. The van der Waals surface area contributed by atoms with Gasteiger partial charge in [0.25, 0.3) is 0 Å². The third-order valence-corrected chi connectivity index (χ3v) is 3.94. The predicted molar refractivity (Wildman–Crippen MR) is 91.0 cm³/mol. The summed E-state index contributed by atoms with van der Waals surface area (Å²) in [6.07, 6.45) is 13.0. The summed E-state index contributed by atoms with van der Waals surface area (Å²) >= 11 is 0.